The van der Waals surface area contributed by atoms with Gasteiger partial charge in [-0.25, -0.2) is 9.97 Å². The fourth-order valence-electron chi connectivity index (χ4n) is 6.64. The molecule has 3 aromatic rings. The summed E-state index contributed by atoms with van der Waals surface area (Å²) in [5.74, 6) is -1.22. The second kappa shape index (κ2) is 15.7. The van der Waals surface area contributed by atoms with Crippen LogP contribution in [0.4, 0.5) is 5.69 Å². The van der Waals surface area contributed by atoms with Crippen molar-refractivity contribution in [2.75, 3.05) is 31.6 Å². The van der Waals surface area contributed by atoms with E-state index in [-0.39, 0.29) is 42.5 Å². The zero-order valence-corrected chi connectivity index (χ0v) is 30.5. The number of nitrogens with one attached hydrogen (secondary N) is 2. The quantitative estimate of drug-likeness (QED) is 0.263. The topological polar surface area (TPSA) is 154 Å². The summed E-state index contributed by atoms with van der Waals surface area (Å²) in [6, 6.07) is 9.20. The van der Waals surface area contributed by atoms with Crippen molar-refractivity contribution in [3.63, 3.8) is 0 Å². The molecule has 50 heavy (non-hydrogen) atoms. The Morgan fingerprint density at radius 1 is 1.04 bits per heavy atom. The van der Waals surface area contributed by atoms with E-state index < -0.39 is 35.4 Å². The Labute approximate surface area is 297 Å². The molecule has 268 valence electrons. The Kier molecular flexibility index (Phi) is 11.6. The number of thiazole rings is 1. The van der Waals surface area contributed by atoms with Crippen LogP contribution in [0.1, 0.15) is 81.2 Å². The average Bonchev–Trinajstić information content (AvgIpc) is 3.71. The number of carbonyl (C=O) groups excluding carboxylic acids is 4. The molecule has 0 bridgehead atoms. The van der Waals surface area contributed by atoms with Gasteiger partial charge in [0.2, 0.25) is 11.8 Å². The van der Waals surface area contributed by atoms with Gasteiger partial charge < -0.3 is 30.3 Å². The van der Waals surface area contributed by atoms with Crippen LogP contribution in [-0.2, 0) is 19.1 Å². The number of nitrogens with zero attached hydrogens (tertiary/aromatic N) is 4. The molecule has 12 nitrogen and oxygen atoms in total. The number of rotatable bonds is 10. The second-order valence-corrected chi connectivity index (χ2v) is 15.3. The van der Waals surface area contributed by atoms with Gasteiger partial charge in [0.1, 0.15) is 17.8 Å². The van der Waals surface area contributed by atoms with Crippen LogP contribution < -0.4 is 15.5 Å². The Morgan fingerprint density at radius 2 is 1.74 bits per heavy atom. The first-order chi connectivity index (χ1) is 23.7. The van der Waals surface area contributed by atoms with Crippen molar-refractivity contribution in [2.24, 2.45) is 11.3 Å². The van der Waals surface area contributed by atoms with E-state index in [1.54, 1.807) is 23.6 Å². The Bertz CT molecular complexity index is 1660. The molecule has 0 spiro atoms. The summed E-state index contributed by atoms with van der Waals surface area (Å²) in [4.78, 5) is 66.2. The van der Waals surface area contributed by atoms with Crippen molar-refractivity contribution < 1.29 is 29.0 Å². The van der Waals surface area contributed by atoms with Crippen LogP contribution >= 0.6 is 11.3 Å². The smallest absolute Gasteiger partial charge is 0.305 e. The summed E-state index contributed by atoms with van der Waals surface area (Å²) < 4.78 is 4.80. The van der Waals surface area contributed by atoms with Gasteiger partial charge in [0.15, 0.2) is 0 Å². The van der Waals surface area contributed by atoms with Crippen molar-refractivity contribution in [1.29, 1.82) is 0 Å². The van der Waals surface area contributed by atoms with Gasteiger partial charge >= 0.3 is 5.97 Å². The van der Waals surface area contributed by atoms with Gasteiger partial charge in [0, 0.05) is 32.5 Å². The fourth-order valence-corrected chi connectivity index (χ4v) is 7.45. The Morgan fingerprint density at radius 3 is 2.32 bits per heavy atom. The molecule has 2 aliphatic heterocycles. The Hall–Kier alpha value is -4.36. The molecule has 0 radical (unpaired) electrons. The minimum Gasteiger partial charge on any atom is -0.469 e. The molecule has 0 saturated carbocycles. The fraction of sp³-hybridized carbons (Fsp3) is 0.514. The molecule has 2 saturated heterocycles. The zero-order valence-electron chi connectivity index (χ0n) is 29.6. The lowest BCUT2D eigenvalue weighted by Gasteiger charge is -2.35. The number of piperidine rings is 1. The minimum absolute atomic E-state index is 0.0140. The lowest BCUT2D eigenvalue weighted by atomic mass is 9.85. The highest BCUT2D eigenvalue weighted by molar-refractivity contribution is 7.13. The number of hydrogen-bond acceptors (Lipinski definition) is 10. The number of aryl methyl sites for hydroxylation is 1. The summed E-state index contributed by atoms with van der Waals surface area (Å²) in [5, 5.41) is 16.5. The Balaban J connectivity index is 1.21. The number of β-amino-alcohol motifs (C(OH)–C–C–N with tert-alkyl or cyclic N) is 1. The predicted molar refractivity (Wildman–Crippen MR) is 191 cm³/mol. The van der Waals surface area contributed by atoms with E-state index in [4.69, 9.17) is 4.74 Å². The first-order valence-corrected chi connectivity index (χ1v) is 18.0. The SMILES string of the molecule is COC(=O)CC1CCN(c2ccc(C(=O)N[C@H](C(=O)N3C[C@H](O)C[C@H]3C(=O)N[C@@H](C)c3ccc(-c4scnc4C)cc3)C(C)(C)C)nc2)CC1. The van der Waals surface area contributed by atoms with E-state index in [0.717, 1.165) is 53.3 Å². The molecule has 4 atom stereocenters. The number of pyridine rings is 1. The van der Waals surface area contributed by atoms with Crippen LogP contribution in [0.2, 0.25) is 0 Å². The number of esters is 1. The number of amides is 3. The molecule has 0 aliphatic carbocycles. The number of anilines is 1. The lowest BCUT2D eigenvalue weighted by Crippen LogP contribution is -2.58. The van der Waals surface area contributed by atoms with Gasteiger partial charge in [-0.15, -0.1) is 11.3 Å². The van der Waals surface area contributed by atoms with E-state index in [1.807, 2.05) is 70.5 Å². The number of methoxy groups -OCH3 is 1. The third kappa shape index (κ3) is 8.67. The second-order valence-electron chi connectivity index (χ2n) is 14.4. The third-order valence-corrected chi connectivity index (χ3v) is 10.7. The predicted octanol–water partition coefficient (Wildman–Crippen LogP) is 4.28. The van der Waals surface area contributed by atoms with E-state index in [1.165, 1.54) is 12.0 Å². The normalized spacial score (nSPS) is 19.5. The summed E-state index contributed by atoms with van der Waals surface area (Å²) in [6.45, 7) is 10.9. The van der Waals surface area contributed by atoms with E-state index >= 15 is 0 Å². The summed E-state index contributed by atoms with van der Waals surface area (Å²) in [7, 11) is 1.40. The lowest BCUT2D eigenvalue weighted by molar-refractivity contribution is -0.142. The summed E-state index contributed by atoms with van der Waals surface area (Å²) >= 11 is 1.58. The van der Waals surface area contributed by atoms with Gasteiger partial charge in [-0.3, -0.25) is 19.2 Å². The molecule has 1 aromatic carbocycles. The van der Waals surface area contributed by atoms with Crippen LogP contribution in [0.5, 0.6) is 0 Å². The molecule has 5 rings (SSSR count). The molecule has 2 aliphatic rings. The van der Waals surface area contributed by atoms with Crippen molar-refractivity contribution in [3.8, 4) is 10.4 Å². The highest BCUT2D eigenvalue weighted by Crippen LogP contribution is 2.30. The van der Waals surface area contributed by atoms with E-state index in [2.05, 4.69) is 25.5 Å². The first kappa shape index (κ1) is 36.9. The number of aliphatic hydroxyl groups excluding tert-OH is 1. The summed E-state index contributed by atoms with van der Waals surface area (Å²) in [5.41, 5.74) is 5.08. The molecule has 4 heterocycles. The maximum atomic E-state index is 14.1. The van der Waals surface area contributed by atoms with Crippen molar-refractivity contribution in [3.05, 3.63) is 65.1 Å². The van der Waals surface area contributed by atoms with Gasteiger partial charge in [-0.2, -0.15) is 0 Å². The van der Waals surface area contributed by atoms with Gasteiger partial charge in [0.25, 0.3) is 5.91 Å². The highest BCUT2D eigenvalue weighted by Gasteiger charge is 2.45. The molecule has 0 unspecified atom stereocenters. The molecule has 2 fully saturated rings. The maximum absolute atomic E-state index is 14.1. The number of benzene rings is 1. The number of likely N-dealkylation sites (tertiary alicyclic amines) is 1. The molecule has 3 N–H and O–H groups in total. The first-order valence-electron chi connectivity index (χ1n) is 17.1. The van der Waals surface area contributed by atoms with Gasteiger partial charge in [0.05, 0.1) is 47.2 Å². The van der Waals surface area contributed by atoms with E-state index in [0.29, 0.717) is 6.42 Å². The molecule has 13 heteroatoms. The zero-order chi connectivity index (χ0) is 36.2. The third-order valence-electron chi connectivity index (χ3n) is 9.67. The average molecular weight is 705 g/mol. The number of ether oxygens (including phenoxy) is 1. The van der Waals surface area contributed by atoms with Crippen molar-refractivity contribution in [2.45, 2.75) is 84.5 Å². The van der Waals surface area contributed by atoms with Gasteiger partial charge in [-0.05, 0) is 61.3 Å². The largest absolute Gasteiger partial charge is 0.469 e. The molecule has 2 aromatic heterocycles. The molecular formula is C37H48N6O6S. The highest BCUT2D eigenvalue weighted by atomic mass is 32.1. The minimum atomic E-state index is -0.980. The van der Waals surface area contributed by atoms with Crippen LogP contribution in [0.25, 0.3) is 10.4 Å². The van der Waals surface area contributed by atoms with Crippen LogP contribution in [0.15, 0.2) is 48.1 Å². The summed E-state index contributed by atoms with van der Waals surface area (Å²) in [6.07, 6.45) is 3.01. The van der Waals surface area contributed by atoms with Crippen molar-refractivity contribution >= 4 is 40.7 Å². The molecule has 3 amide bonds. The number of hydrogen-bond donors (Lipinski definition) is 3. The van der Waals surface area contributed by atoms with Crippen LogP contribution in [0, 0.1) is 18.3 Å². The maximum Gasteiger partial charge on any atom is 0.305 e. The van der Waals surface area contributed by atoms with Crippen LogP contribution in [0.3, 0.4) is 0 Å². The number of aromatic nitrogens is 2. The number of aliphatic hydroxyl groups is 1. The monoisotopic (exact) mass is 704 g/mol. The van der Waals surface area contributed by atoms with E-state index in [9.17, 15) is 24.3 Å². The van der Waals surface area contributed by atoms with Crippen molar-refractivity contribution in [1.82, 2.24) is 25.5 Å². The standard InChI is InChI=1S/C37H48N6O6S/c1-22(25-7-9-26(10-8-25)32-23(2)39-21-50-32)40-35(47)30-18-28(44)20-43(30)36(48)33(37(3,4)5)41-34(46)29-12-11-27(19-38-29)42-15-13-24(14-16-42)17-31(45)49-6/h7-12,19,21-22,24,28,30,33,44H,13-18,20H2,1-6H3,(H,40,47)(H,41,46)/t22-,28+,30-,33+/m0/s1. The number of carbonyl (C=O) groups is 4. The van der Waals surface area contributed by atoms with Crippen LogP contribution in [-0.4, -0.2) is 88.6 Å². The molecular weight excluding hydrogens is 657 g/mol. The van der Waals surface area contributed by atoms with Gasteiger partial charge in [-0.1, -0.05) is 45.0 Å².